The molecule has 1 heterocycles. The van der Waals surface area contributed by atoms with Crippen LogP contribution in [0.3, 0.4) is 0 Å². The molecule has 1 atom stereocenters. The molecule has 0 N–H and O–H groups in total. The number of fused-ring (bicyclic) bond motifs is 1. The average Bonchev–Trinajstić information content (AvgIpc) is 2.73. The van der Waals surface area contributed by atoms with Gasteiger partial charge in [-0.2, -0.15) is 0 Å². The number of alkyl halides is 1. The zero-order valence-electron chi connectivity index (χ0n) is 13.8. The molecule has 25 heavy (non-hydrogen) atoms. The number of amides is 1. The van der Waals surface area contributed by atoms with Gasteiger partial charge in [0.2, 0.25) is 5.91 Å². The molecule has 0 unspecified atom stereocenters. The number of benzene rings is 2. The van der Waals surface area contributed by atoms with Crippen LogP contribution in [0.25, 0.3) is 0 Å². The Bertz CT molecular complexity index is 817. The van der Waals surface area contributed by atoms with Crippen molar-refractivity contribution in [1.82, 2.24) is 0 Å². The molecule has 0 radical (unpaired) electrons. The van der Waals surface area contributed by atoms with Gasteiger partial charge in [-0.15, -0.1) is 11.6 Å². The number of nitrogens with zero attached hydrogens (tertiary/aromatic N) is 1. The second-order valence-corrected chi connectivity index (χ2v) is 7.01. The summed E-state index contributed by atoms with van der Waals surface area (Å²) in [7, 11) is 0. The van der Waals surface area contributed by atoms with Crippen LogP contribution < -0.4 is 4.90 Å². The number of halogens is 4. The van der Waals surface area contributed by atoms with Gasteiger partial charge in [-0.25, -0.2) is 13.2 Å². The van der Waals surface area contributed by atoms with Gasteiger partial charge in [0.1, 0.15) is 17.5 Å². The summed E-state index contributed by atoms with van der Waals surface area (Å²) in [5.41, 5.74) is 0.0121. The first kappa shape index (κ1) is 17.8. The van der Waals surface area contributed by atoms with Crippen molar-refractivity contribution in [2.75, 3.05) is 10.8 Å². The van der Waals surface area contributed by atoms with E-state index in [1.165, 1.54) is 11.0 Å². The number of carbonyl (C=O) groups excluding carboxylic acids is 1. The molecule has 0 fully saturated rings. The van der Waals surface area contributed by atoms with E-state index in [2.05, 4.69) is 0 Å². The molecular formula is C19H17ClF3NO. The molecule has 0 bridgehead atoms. The highest BCUT2D eigenvalue weighted by molar-refractivity contribution is 6.18. The molecule has 132 valence electrons. The largest absolute Gasteiger partial charge is 0.301 e. The lowest BCUT2D eigenvalue weighted by Crippen LogP contribution is -2.39. The fourth-order valence-corrected chi connectivity index (χ4v) is 3.60. The van der Waals surface area contributed by atoms with E-state index in [1.54, 1.807) is 26.0 Å². The van der Waals surface area contributed by atoms with Crippen molar-refractivity contribution in [2.24, 2.45) is 0 Å². The summed E-state index contributed by atoms with van der Waals surface area (Å²) in [5.74, 6) is -2.24. The van der Waals surface area contributed by atoms with Gasteiger partial charge in [-0.3, -0.25) is 4.79 Å². The predicted molar refractivity (Wildman–Crippen MR) is 91.3 cm³/mol. The molecule has 1 aliphatic heterocycles. The van der Waals surface area contributed by atoms with Gasteiger partial charge in [-0.1, -0.05) is 12.1 Å². The summed E-state index contributed by atoms with van der Waals surface area (Å²) in [6.07, 6.45) is 0.236. The van der Waals surface area contributed by atoms with Crippen LogP contribution in [0.4, 0.5) is 18.9 Å². The third-order valence-electron chi connectivity index (χ3n) is 4.62. The Balaban J connectivity index is 2.19. The topological polar surface area (TPSA) is 20.3 Å². The van der Waals surface area contributed by atoms with Gasteiger partial charge < -0.3 is 4.90 Å². The summed E-state index contributed by atoms with van der Waals surface area (Å²) >= 11 is 5.87. The maximum absolute atomic E-state index is 14.6. The third kappa shape index (κ3) is 2.91. The minimum absolute atomic E-state index is 0.150. The van der Waals surface area contributed by atoms with Crippen LogP contribution in [-0.4, -0.2) is 11.8 Å². The van der Waals surface area contributed by atoms with Crippen LogP contribution in [0.5, 0.6) is 0 Å². The van der Waals surface area contributed by atoms with E-state index in [0.29, 0.717) is 5.56 Å². The lowest BCUT2D eigenvalue weighted by Gasteiger charge is -2.30. The van der Waals surface area contributed by atoms with Crippen LogP contribution >= 0.6 is 11.6 Å². The average molecular weight is 368 g/mol. The highest BCUT2D eigenvalue weighted by Gasteiger charge is 2.48. The minimum Gasteiger partial charge on any atom is -0.301 e. The van der Waals surface area contributed by atoms with E-state index in [9.17, 15) is 18.0 Å². The quantitative estimate of drug-likeness (QED) is 0.688. The Morgan fingerprint density at radius 2 is 1.76 bits per heavy atom. The number of anilines is 1. The van der Waals surface area contributed by atoms with Gasteiger partial charge in [-0.05, 0) is 49.6 Å². The zero-order chi connectivity index (χ0) is 18.4. The molecule has 6 heteroatoms. The third-order valence-corrected chi connectivity index (χ3v) is 4.84. The molecule has 3 rings (SSSR count). The summed E-state index contributed by atoms with van der Waals surface area (Å²) < 4.78 is 41.9. The zero-order valence-corrected chi connectivity index (χ0v) is 14.6. The van der Waals surface area contributed by atoms with Crippen LogP contribution in [0.2, 0.25) is 0 Å². The summed E-state index contributed by atoms with van der Waals surface area (Å²) in [6.45, 7) is 3.41. The van der Waals surface area contributed by atoms with Crippen LogP contribution in [0.1, 0.15) is 37.4 Å². The molecule has 2 aromatic rings. The number of para-hydroxylation sites is 1. The van der Waals surface area contributed by atoms with Crippen LogP contribution in [0.15, 0.2) is 36.4 Å². The number of hydrogen-bond acceptors (Lipinski definition) is 1. The summed E-state index contributed by atoms with van der Waals surface area (Å²) in [5, 5.41) is 0. The molecule has 1 aliphatic rings. The monoisotopic (exact) mass is 367 g/mol. The van der Waals surface area contributed by atoms with Gasteiger partial charge in [0, 0.05) is 11.9 Å². The maximum atomic E-state index is 14.6. The van der Waals surface area contributed by atoms with E-state index in [1.807, 2.05) is 0 Å². The van der Waals surface area contributed by atoms with Gasteiger partial charge in [0.15, 0.2) is 0 Å². The first-order valence-electron chi connectivity index (χ1n) is 7.92. The Morgan fingerprint density at radius 3 is 2.36 bits per heavy atom. The number of rotatable bonds is 4. The Hall–Kier alpha value is -2.01. The van der Waals surface area contributed by atoms with Crippen molar-refractivity contribution in [1.29, 1.82) is 0 Å². The molecule has 1 amide bonds. The fourth-order valence-electron chi connectivity index (χ4n) is 3.40. The lowest BCUT2D eigenvalue weighted by molar-refractivity contribution is -0.122. The highest BCUT2D eigenvalue weighted by Crippen LogP contribution is 2.47. The van der Waals surface area contributed by atoms with Crippen molar-refractivity contribution in [3.05, 3.63) is 65.0 Å². The Labute approximate surface area is 149 Å². The standard InChI is InChI=1S/C19H17ClF3NO/c1-19(2)14-4-3-5-15(23)17(14)24(18(19)25)16(6-7-20)11-8-12(21)10-13(22)9-11/h3-5,8-10,16H,6-7H2,1-2H3/t16-/m1/s1. The van der Waals surface area contributed by atoms with Crippen LogP contribution in [-0.2, 0) is 10.2 Å². The first-order valence-corrected chi connectivity index (χ1v) is 8.45. The number of carbonyl (C=O) groups is 1. The fraction of sp³-hybridized carbons (Fsp3) is 0.316. The number of hydrogen-bond donors (Lipinski definition) is 0. The summed E-state index contributed by atoms with van der Waals surface area (Å²) in [4.78, 5) is 14.3. The minimum atomic E-state index is -0.937. The molecule has 0 saturated heterocycles. The maximum Gasteiger partial charge on any atom is 0.237 e. The Kier molecular flexibility index (Phi) is 4.54. The van der Waals surface area contributed by atoms with Gasteiger partial charge >= 0.3 is 0 Å². The summed E-state index contributed by atoms with van der Waals surface area (Å²) in [6, 6.07) is 6.81. The van der Waals surface area contributed by atoms with Crippen LogP contribution in [0, 0.1) is 17.5 Å². The normalized spacial score (nSPS) is 16.9. The SMILES string of the molecule is CC1(C)C(=O)N([C@H](CCCl)c2cc(F)cc(F)c2)c2c(F)cccc21. The predicted octanol–water partition coefficient (Wildman–Crippen LogP) is 5.10. The molecule has 0 saturated carbocycles. The Morgan fingerprint density at radius 1 is 1.12 bits per heavy atom. The second kappa shape index (κ2) is 6.37. The smallest absolute Gasteiger partial charge is 0.237 e. The molecule has 0 spiro atoms. The van der Waals surface area contributed by atoms with Gasteiger partial charge in [0.05, 0.1) is 17.1 Å². The van der Waals surface area contributed by atoms with Crippen molar-refractivity contribution < 1.29 is 18.0 Å². The highest BCUT2D eigenvalue weighted by atomic mass is 35.5. The molecule has 0 aliphatic carbocycles. The van der Waals surface area contributed by atoms with E-state index >= 15 is 0 Å². The first-order chi connectivity index (χ1) is 11.8. The molecular weight excluding hydrogens is 351 g/mol. The van der Waals surface area contributed by atoms with E-state index < -0.39 is 28.9 Å². The van der Waals surface area contributed by atoms with E-state index in [-0.39, 0.29) is 29.5 Å². The van der Waals surface area contributed by atoms with E-state index in [4.69, 9.17) is 11.6 Å². The molecule has 2 aromatic carbocycles. The van der Waals surface area contributed by atoms with Crippen molar-refractivity contribution in [2.45, 2.75) is 31.7 Å². The molecule has 0 aromatic heterocycles. The van der Waals surface area contributed by atoms with Crippen molar-refractivity contribution in [3.8, 4) is 0 Å². The van der Waals surface area contributed by atoms with E-state index in [0.717, 1.165) is 18.2 Å². The van der Waals surface area contributed by atoms with Crippen molar-refractivity contribution >= 4 is 23.2 Å². The lowest BCUT2D eigenvalue weighted by atomic mass is 9.86. The molecule has 2 nitrogen and oxygen atoms in total. The van der Waals surface area contributed by atoms with Gasteiger partial charge in [0.25, 0.3) is 0 Å². The second-order valence-electron chi connectivity index (χ2n) is 6.63. The van der Waals surface area contributed by atoms with Crippen molar-refractivity contribution in [3.63, 3.8) is 0 Å².